The molecule has 4 unspecified atom stereocenters. The molecule has 2 aliphatic heterocycles. The maximum Gasteiger partial charge on any atom is 0.173 e. The molecule has 2 heterocycles. The van der Waals surface area contributed by atoms with Crippen LogP contribution >= 0.6 is 0 Å². The highest BCUT2D eigenvalue weighted by molar-refractivity contribution is 5.98. The minimum absolute atomic E-state index is 0.0320. The predicted octanol–water partition coefficient (Wildman–Crippen LogP) is 1.14. The third-order valence-electron chi connectivity index (χ3n) is 3.65. The summed E-state index contributed by atoms with van der Waals surface area (Å²) in [6, 6.07) is 3.70. The van der Waals surface area contributed by atoms with E-state index in [-0.39, 0.29) is 18.1 Å². The number of ketones is 1. The predicted molar refractivity (Wildman–Crippen MR) is 57.3 cm³/mol. The number of benzene rings is 1. The maximum atomic E-state index is 13.4. The van der Waals surface area contributed by atoms with Gasteiger partial charge in [0, 0.05) is 18.5 Å². The summed E-state index contributed by atoms with van der Waals surface area (Å²) >= 11 is 0. The third kappa shape index (κ3) is 1.57. The Balaban J connectivity index is 1.83. The number of piperidine rings is 1. The summed E-state index contributed by atoms with van der Waals surface area (Å²) in [7, 11) is 0. The number of rotatable bonds is 2. The van der Waals surface area contributed by atoms with Gasteiger partial charge in [0.2, 0.25) is 0 Å². The summed E-state index contributed by atoms with van der Waals surface area (Å²) in [5, 5.41) is 0. The van der Waals surface area contributed by atoms with Gasteiger partial charge < -0.3 is 5.73 Å². The molecular weight excluding hydrogens is 226 g/mol. The number of Topliss-reactive ketones (excluding diaryl/α,β-unsaturated/α-hetero) is 1. The van der Waals surface area contributed by atoms with Crippen LogP contribution in [0.5, 0.6) is 0 Å². The fourth-order valence-corrected chi connectivity index (χ4v) is 2.63. The van der Waals surface area contributed by atoms with Gasteiger partial charge in [-0.2, -0.15) is 0 Å². The number of halogens is 2. The van der Waals surface area contributed by atoms with Crippen molar-refractivity contribution in [1.82, 2.24) is 4.90 Å². The highest BCUT2D eigenvalue weighted by Crippen LogP contribution is 2.39. The molecule has 2 fully saturated rings. The molecule has 1 aromatic carbocycles. The van der Waals surface area contributed by atoms with E-state index in [0.717, 1.165) is 12.1 Å². The molecule has 4 atom stereocenters. The molecule has 3 nitrogen and oxygen atoms in total. The zero-order valence-electron chi connectivity index (χ0n) is 9.07. The summed E-state index contributed by atoms with van der Waals surface area (Å²) in [6.45, 7) is 0.512. The van der Waals surface area contributed by atoms with Crippen molar-refractivity contribution in [3.8, 4) is 0 Å². The Morgan fingerprint density at radius 2 is 2.00 bits per heavy atom. The number of carbonyl (C=O) groups excluding carboxylic acids is 1. The van der Waals surface area contributed by atoms with Crippen LogP contribution in [0.3, 0.4) is 0 Å². The van der Waals surface area contributed by atoms with Gasteiger partial charge in [-0.1, -0.05) is 6.07 Å². The Kier molecular flexibility index (Phi) is 2.27. The fourth-order valence-electron chi connectivity index (χ4n) is 2.63. The fraction of sp³-hybridized carbons (Fsp3) is 0.417. The summed E-state index contributed by atoms with van der Waals surface area (Å²) in [5.74, 6) is -2.34. The van der Waals surface area contributed by atoms with E-state index in [4.69, 9.17) is 5.73 Å². The Morgan fingerprint density at radius 3 is 2.53 bits per heavy atom. The lowest BCUT2D eigenvalue weighted by Crippen LogP contribution is -2.26. The summed E-state index contributed by atoms with van der Waals surface area (Å²) < 4.78 is 26.9. The van der Waals surface area contributed by atoms with Gasteiger partial charge in [0.15, 0.2) is 5.78 Å². The largest absolute Gasteiger partial charge is 0.314 e. The molecule has 0 saturated carbocycles. The van der Waals surface area contributed by atoms with Crippen LogP contribution in [0.1, 0.15) is 16.8 Å². The lowest BCUT2D eigenvalue weighted by atomic mass is 9.94. The SMILES string of the molecule is NC1C2CC(C(=O)c3c(F)cccc3F)CN12. The lowest BCUT2D eigenvalue weighted by molar-refractivity contribution is 0.0910. The zero-order valence-corrected chi connectivity index (χ0v) is 9.07. The van der Waals surface area contributed by atoms with Crippen LogP contribution in [-0.2, 0) is 0 Å². The van der Waals surface area contributed by atoms with Crippen LogP contribution in [0.15, 0.2) is 18.2 Å². The standard InChI is InChI=1S/C12H12F2N2O/c13-7-2-1-3-8(14)10(7)11(17)6-4-9-12(15)16(9)5-6/h1-3,6,9,12H,4-5,15H2. The molecule has 2 saturated heterocycles. The normalized spacial score (nSPS) is 34.5. The Morgan fingerprint density at radius 1 is 1.35 bits per heavy atom. The molecule has 0 amide bonds. The molecular formula is C12H12F2N2O. The van der Waals surface area contributed by atoms with E-state index in [1.807, 2.05) is 4.90 Å². The molecule has 2 N–H and O–H groups in total. The second-order valence-corrected chi connectivity index (χ2v) is 4.65. The highest BCUT2D eigenvalue weighted by atomic mass is 19.1. The van der Waals surface area contributed by atoms with Crippen molar-refractivity contribution < 1.29 is 13.6 Å². The summed E-state index contributed by atoms with van der Waals surface area (Å²) in [4.78, 5) is 14.0. The average Bonchev–Trinajstić information content (AvgIpc) is 2.76. The van der Waals surface area contributed by atoms with Crippen molar-refractivity contribution in [2.45, 2.75) is 18.6 Å². The van der Waals surface area contributed by atoms with Gasteiger partial charge in [0.05, 0.1) is 11.7 Å². The van der Waals surface area contributed by atoms with Gasteiger partial charge in [0.1, 0.15) is 11.6 Å². The van der Waals surface area contributed by atoms with Crippen molar-refractivity contribution in [3.05, 3.63) is 35.4 Å². The summed E-state index contributed by atoms with van der Waals surface area (Å²) in [5.41, 5.74) is 5.29. The molecule has 2 aliphatic rings. The van der Waals surface area contributed by atoms with Crippen LogP contribution in [0.2, 0.25) is 0 Å². The molecule has 0 bridgehead atoms. The topological polar surface area (TPSA) is 46.1 Å². The first-order chi connectivity index (χ1) is 8.09. The second kappa shape index (κ2) is 3.58. The molecule has 17 heavy (non-hydrogen) atoms. The van der Waals surface area contributed by atoms with E-state index in [9.17, 15) is 13.6 Å². The number of nitrogens with two attached hydrogens (primary N) is 1. The molecule has 1 aromatic rings. The molecule has 0 aliphatic carbocycles. The molecule has 0 radical (unpaired) electrons. The Labute approximate surface area is 97.2 Å². The van der Waals surface area contributed by atoms with Crippen LogP contribution in [-0.4, -0.2) is 29.4 Å². The number of fused-ring (bicyclic) bond motifs is 1. The van der Waals surface area contributed by atoms with Crippen LogP contribution in [0, 0.1) is 17.6 Å². The van der Waals surface area contributed by atoms with Crippen molar-refractivity contribution in [2.75, 3.05) is 6.54 Å². The van der Waals surface area contributed by atoms with Crippen molar-refractivity contribution in [3.63, 3.8) is 0 Å². The van der Waals surface area contributed by atoms with E-state index >= 15 is 0 Å². The number of carbonyl (C=O) groups is 1. The van der Waals surface area contributed by atoms with Crippen molar-refractivity contribution in [1.29, 1.82) is 0 Å². The minimum Gasteiger partial charge on any atom is -0.314 e. The van der Waals surface area contributed by atoms with E-state index in [1.54, 1.807) is 0 Å². The van der Waals surface area contributed by atoms with Gasteiger partial charge in [0.25, 0.3) is 0 Å². The zero-order chi connectivity index (χ0) is 12.2. The van der Waals surface area contributed by atoms with Gasteiger partial charge in [-0.05, 0) is 18.6 Å². The van der Waals surface area contributed by atoms with Crippen LogP contribution in [0.4, 0.5) is 8.78 Å². The van der Waals surface area contributed by atoms with Crippen LogP contribution < -0.4 is 5.73 Å². The Bertz CT molecular complexity index is 459. The average molecular weight is 238 g/mol. The third-order valence-corrected chi connectivity index (χ3v) is 3.65. The monoisotopic (exact) mass is 238 g/mol. The minimum atomic E-state index is -0.783. The molecule has 0 aromatic heterocycles. The number of hydrogen-bond donors (Lipinski definition) is 1. The van der Waals surface area contributed by atoms with Gasteiger partial charge in [-0.25, -0.2) is 8.78 Å². The molecule has 0 spiro atoms. The maximum absolute atomic E-state index is 13.4. The van der Waals surface area contributed by atoms with Gasteiger partial charge >= 0.3 is 0 Å². The van der Waals surface area contributed by atoms with Crippen LogP contribution in [0.25, 0.3) is 0 Å². The van der Waals surface area contributed by atoms with Gasteiger partial charge in [-0.3, -0.25) is 9.69 Å². The lowest BCUT2D eigenvalue weighted by Gasteiger charge is -2.12. The molecule has 90 valence electrons. The quantitative estimate of drug-likeness (QED) is 0.620. The van der Waals surface area contributed by atoms with E-state index in [1.165, 1.54) is 6.07 Å². The first kappa shape index (κ1) is 10.8. The smallest absolute Gasteiger partial charge is 0.173 e. The number of nitrogens with zero attached hydrogens (tertiary/aromatic N) is 1. The molecule has 5 heteroatoms. The highest BCUT2D eigenvalue weighted by Gasteiger charge is 2.53. The van der Waals surface area contributed by atoms with E-state index in [0.29, 0.717) is 13.0 Å². The second-order valence-electron chi connectivity index (χ2n) is 4.65. The molecule has 3 rings (SSSR count). The first-order valence-electron chi connectivity index (χ1n) is 5.59. The van der Waals surface area contributed by atoms with E-state index in [2.05, 4.69) is 0 Å². The first-order valence-corrected chi connectivity index (χ1v) is 5.59. The van der Waals surface area contributed by atoms with Gasteiger partial charge in [-0.15, -0.1) is 0 Å². The van der Waals surface area contributed by atoms with E-state index < -0.39 is 23.0 Å². The summed E-state index contributed by atoms with van der Waals surface area (Å²) in [6.07, 6.45) is 0.637. The van der Waals surface area contributed by atoms with Crippen molar-refractivity contribution >= 4 is 5.78 Å². The number of hydrogen-bond acceptors (Lipinski definition) is 3. The van der Waals surface area contributed by atoms with Crippen molar-refractivity contribution in [2.24, 2.45) is 11.7 Å². The Hall–Kier alpha value is -1.33.